The summed E-state index contributed by atoms with van der Waals surface area (Å²) in [6.45, 7) is 4.68. The molecular formula is C12H25N. The number of rotatable bonds is 6. The quantitative estimate of drug-likeness (QED) is 0.667. The molecule has 2 unspecified atom stereocenters. The predicted octanol–water partition coefficient (Wildman–Crippen LogP) is 3.20. The second-order valence-electron chi connectivity index (χ2n) is 4.69. The summed E-state index contributed by atoms with van der Waals surface area (Å²) in [5, 5.41) is 3.49. The number of nitrogens with one attached hydrogen (secondary N) is 1. The highest BCUT2D eigenvalue weighted by Crippen LogP contribution is 2.32. The highest BCUT2D eigenvalue weighted by atomic mass is 14.9. The molecular weight excluding hydrogens is 158 g/mol. The summed E-state index contributed by atoms with van der Waals surface area (Å²) in [4.78, 5) is 0. The van der Waals surface area contributed by atoms with Gasteiger partial charge in [-0.05, 0) is 31.7 Å². The zero-order valence-electron chi connectivity index (χ0n) is 9.47. The maximum Gasteiger partial charge on any atom is 0.00923 e. The van der Waals surface area contributed by atoms with Gasteiger partial charge in [0.25, 0.3) is 0 Å². The van der Waals surface area contributed by atoms with Gasteiger partial charge in [-0.1, -0.05) is 39.5 Å². The van der Waals surface area contributed by atoms with Crippen LogP contribution in [0.5, 0.6) is 0 Å². The van der Waals surface area contributed by atoms with Crippen molar-refractivity contribution in [2.24, 2.45) is 11.8 Å². The highest BCUT2D eigenvalue weighted by Gasteiger charge is 2.23. The van der Waals surface area contributed by atoms with Crippen molar-refractivity contribution in [1.82, 2.24) is 5.32 Å². The maximum absolute atomic E-state index is 3.49. The van der Waals surface area contributed by atoms with E-state index in [9.17, 15) is 0 Å². The number of hydrogen-bond donors (Lipinski definition) is 1. The lowest BCUT2D eigenvalue weighted by Crippen LogP contribution is -2.35. The molecule has 0 aliphatic heterocycles. The van der Waals surface area contributed by atoms with E-state index in [2.05, 4.69) is 26.2 Å². The van der Waals surface area contributed by atoms with Crippen LogP contribution in [0, 0.1) is 11.8 Å². The zero-order valence-corrected chi connectivity index (χ0v) is 9.47. The van der Waals surface area contributed by atoms with Crippen molar-refractivity contribution in [2.75, 3.05) is 7.05 Å². The zero-order chi connectivity index (χ0) is 9.68. The molecule has 1 rings (SSSR count). The standard InChI is InChI=1S/C12H25N/c1-4-6-10(2)12(13-3)9-11-7-5-8-11/h10-13H,4-9H2,1-3H3. The second kappa shape index (κ2) is 5.64. The van der Waals surface area contributed by atoms with Crippen LogP contribution in [0.25, 0.3) is 0 Å². The van der Waals surface area contributed by atoms with E-state index in [1.165, 1.54) is 38.5 Å². The summed E-state index contributed by atoms with van der Waals surface area (Å²) in [5.41, 5.74) is 0. The molecule has 0 aromatic rings. The van der Waals surface area contributed by atoms with E-state index in [0.29, 0.717) is 0 Å². The minimum absolute atomic E-state index is 0.769. The van der Waals surface area contributed by atoms with Crippen molar-refractivity contribution in [3.63, 3.8) is 0 Å². The molecule has 78 valence electrons. The minimum atomic E-state index is 0.769. The Morgan fingerprint density at radius 1 is 1.38 bits per heavy atom. The molecule has 0 amide bonds. The first kappa shape index (κ1) is 11.0. The van der Waals surface area contributed by atoms with Crippen molar-refractivity contribution < 1.29 is 0 Å². The monoisotopic (exact) mass is 183 g/mol. The van der Waals surface area contributed by atoms with Gasteiger partial charge in [0.1, 0.15) is 0 Å². The van der Waals surface area contributed by atoms with E-state index in [-0.39, 0.29) is 0 Å². The SMILES string of the molecule is CCCC(C)C(CC1CCC1)NC. The summed E-state index contributed by atoms with van der Waals surface area (Å²) >= 11 is 0. The fraction of sp³-hybridized carbons (Fsp3) is 1.00. The van der Waals surface area contributed by atoms with Gasteiger partial charge in [-0.25, -0.2) is 0 Å². The van der Waals surface area contributed by atoms with Gasteiger partial charge in [-0.3, -0.25) is 0 Å². The second-order valence-corrected chi connectivity index (χ2v) is 4.69. The van der Waals surface area contributed by atoms with Gasteiger partial charge in [0.05, 0.1) is 0 Å². The molecule has 0 spiro atoms. The van der Waals surface area contributed by atoms with Crippen molar-refractivity contribution in [2.45, 2.75) is 58.4 Å². The Hall–Kier alpha value is -0.0400. The highest BCUT2D eigenvalue weighted by molar-refractivity contribution is 4.79. The van der Waals surface area contributed by atoms with Gasteiger partial charge in [-0.15, -0.1) is 0 Å². The van der Waals surface area contributed by atoms with Gasteiger partial charge in [0, 0.05) is 6.04 Å². The third-order valence-electron chi connectivity index (χ3n) is 3.61. The van der Waals surface area contributed by atoms with Crippen LogP contribution in [-0.2, 0) is 0 Å². The Bertz CT molecular complexity index is 129. The molecule has 1 fully saturated rings. The van der Waals surface area contributed by atoms with Crippen LogP contribution in [0.2, 0.25) is 0 Å². The van der Waals surface area contributed by atoms with E-state index in [1.54, 1.807) is 0 Å². The van der Waals surface area contributed by atoms with Crippen LogP contribution in [0.1, 0.15) is 52.4 Å². The molecule has 1 heteroatoms. The molecule has 13 heavy (non-hydrogen) atoms. The van der Waals surface area contributed by atoms with Crippen molar-refractivity contribution in [1.29, 1.82) is 0 Å². The maximum atomic E-state index is 3.49. The molecule has 1 N–H and O–H groups in total. The first-order valence-electron chi connectivity index (χ1n) is 5.95. The van der Waals surface area contributed by atoms with Crippen molar-refractivity contribution in [3.8, 4) is 0 Å². The van der Waals surface area contributed by atoms with E-state index < -0.39 is 0 Å². The Balaban J connectivity index is 2.23. The Labute approximate surface area is 83.3 Å². The molecule has 1 saturated carbocycles. The molecule has 0 heterocycles. The van der Waals surface area contributed by atoms with Crippen LogP contribution in [0.3, 0.4) is 0 Å². The summed E-state index contributed by atoms with van der Waals surface area (Å²) in [7, 11) is 2.12. The van der Waals surface area contributed by atoms with Crippen LogP contribution in [-0.4, -0.2) is 13.1 Å². The largest absolute Gasteiger partial charge is 0.317 e. The topological polar surface area (TPSA) is 12.0 Å². The van der Waals surface area contributed by atoms with Crippen LogP contribution < -0.4 is 5.32 Å². The first-order chi connectivity index (χ1) is 6.27. The van der Waals surface area contributed by atoms with Gasteiger partial charge < -0.3 is 5.32 Å². The fourth-order valence-electron chi connectivity index (χ4n) is 2.38. The molecule has 1 aliphatic carbocycles. The average molecular weight is 183 g/mol. The Morgan fingerprint density at radius 3 is 2.46 bits per heavy atom. The molecule has 2 atom stereocenters. The third kappa shape index (κ3) is 3.30. The lowest BCUT2D eigenvalue weighted by atomic mass is 9.78. The van der Waals surface area contributed by atoms with Crippen LogP contribution in [0.4, 0.5) is 0 Å². The van der Waals surface area contributed by atoms with Gasteiger partial charge in [-0.2, -0.15) is 0 Å². The van der Waals surface area contributed by atoms with Gasteiger partial charge in [0.2, 0.25) is 0 Å². The first-order valence-corrected chi connectivity index (χ1v) is 5.95. The fourth-order valence-corrected chi connectivity index (χ4v) is 2.38. The van der Waals surface area contributed by atoms with E-state index in [1.807, 2.05) is 0 Å². The molecule has 0 bridgehead atoms. The smallest absolute Gasteiger partial charge is 0.00923 e. The van der Waals surface area contributed by atoms with Gasteiger partial charge in [0.15, 0.2) is 0 Å². The number of hydrogen-bond acceptors (Lipinski definition) is 1. The van der Waals surface area contributed by atoms with E-state index >= 15 is 0 Å². The van der Waals surface area contributed by atoms with Crippen molar-refractivity contribution in [3.05, 3.63) is 0 Å². The van der Waals surface area contributed by atoms with Crippen molar-refractivity contribution >= 4 is 0 Å². The molecule has 1 nitrogen and oxygen atoms in total. The van der Waals surface area contributed by atoms with Crippen LogP contribution >= 0.6 is 0 Å². The summed E-state index contributed by atoms with van der Waals surface area (Å²) in [6.07, 6.45) is 8.55. The summed E-state index contributed by atoms with van der Waals surface area (Å²) in [5.74, 6) is 1.90. The van der Waals surface area contributed by atoms with E-state index in [4.69, 9.17) is 0 Å². The molecule has 0 aromatic carbocycles. The average Bonchev–Trinajstić information content (AvgIpc) is 2.03. The lowest BCUT2D eigenvalue weighted by Gasteiger charge is -2.32. The van der Waals surface area contributed by atoms with Crippen LogP contribution in [0.15, 0.2) is 0 Å². The lowest BCUT2D eigenvalue weighted by molar-refractivity contribution is 0.229. The predicted molar refractivity (Wildman–Crippen MR) is 58.9 cm³/mol. The normalized spacial score (nSPS) is 22.4. The molecule has 0 aromatic heterocycles. The minimum Gasteiger partial charge on any atom is -0.317 e. The molecule has 0 saturated heterocycles. The van der Waals surface area contributed by atoms with E-state index in [0.717, 1.165) is 17.9 Å². The molecule has 0 radical (unpaired) electrons. The molecule has 1 aliphatic rings. The summed E-state index contributed by atoms with van der Waals surface area (Å²) < 4.78 is 0. The summed E-state index contributed by atoms with van der Waals surface area (Å²) in [6, 6.07) is 0.769. The van der Waals surface area contributed by atoms with Gasteiger partial charge >= 0.3 is 0 Å². The Kier molecular flexibility index (Phi) is 4.79. The Morgan fingerprint density at radius 2 is 2.08 bits per heavy atom. The third-order valence-corrected chi connectivity index (χ3v) is 3.61.